The van der Waals surface area contributed by atoms with Crippen molar-refractivity contribution in [3.63, 3.8) is 0 Å². The maximum absolute atomic E-state index is 12.4. The Labute approximate surface area is 83.5 Å². The molecule has 0 bridgehead atoms. The second kappa shape index (κ2) is 3.27. The molecule has 2 nitrogen and oxygen atoms in total. The Morgan fingerprint density at radius 3 is 2.33 bits per heavy atom. The number of halogens is 3. The first kappa shape index (κ1) is 9.88. The molecule has 0 amide bonds. The molecular weight excluding hydrogens is 277 g/mol. The van der Waals surface area contributed by atoms with Gasteiger partial charge < -0.3 is 4.90 Å². The van der Waals surface area contributed by atoms with E-state index in [0.717, 1.165) is 0 Å². The minimum atomic E-state index is -2.54. The van der Waals surface area contributed by atoms with E-state index in [1.165, 1.54) is 4.90 Å². The van der Waals surface area contributed by atoms with Crippen LogP contribution in [0.4, 0.5) is 8.78 Å². The second-order valence-corrected chi connectivity index (χ2v) is 3.97. The Hall–Kier alpha value is -0.200. The van der Waals surface area contributed by atoms with Gasteiger partial charge >= 0.3 is 0 Å². The van der Waals surface area contributed by atoms with E-state index in [0.29, 0.717) is 9.42 Å². The summed E-state index contributed by atoms with van der Waals surface area (Å²) >= 11 is 1.98. The molecule has 12 heavy (non-hydrogen) atoms. The van der Waals surface area contributed by atoms with Gasteiger partial charge in [0, 0.05) is 10.6 Å². The summed E-state index contributed by atoms with van der Waals surface area (Å²) in [6.45, 7) is 3.18. The van der Waals surface area contributed by atoms with E-state index < -0.39 is 5.92 Å². The molecule has 1 fully saturated rings. The second-order valence-electron chi connectivity index (χ2n) is 2.66. The predicted molar refractivity (Wildman–Crippen MR) is 53.0 cm³/mol. The van der Waals surface area contributed by atoms with E-state index in [-0.39, 0.29) is 13.1 Å². The van der Waals surface area contributed by atoms with Crippen LogP contribution in [0.15, 0.2) is 15.2 Å². The van der Waals surface area contributed by atoms with Gasteiger partial charge in [-0.25, -0.2) is 8.78 Å². The number of nitrogens with zero attached hydrogens (tertiary/aromatic N) is 2. The highest BCUT2D eigenvalue weighted by Crippen LogP contribution is 2.28. The van der Waals surface area contributed by atoms with E-state index in [2.05, 4.69) is 11.6 Å². The van der Waals surface area contributed by atoms with Gasteiger partial charge in [0.2, 0.25) is 0 Å². The molecule has 0 spiro atoms. The Morgan fingerprint density at radius 1 is 1.58 bits per heavy atom. The summed E-state index contributed by atoms with van der Waals surface area (Å²) in [7, 11) is 1.58. The normalized spacial score (nSPS) is 22.0. The minimum absolute atomic E-state index is 0.234. The van der Waals surface area contributed by atoms with Crippen molar-refractivity contribution >= 4 is 28.4 Å². The average molecular weight is 286 g/mol. The molecule has 0 aromatic heterocycles. The summed E-state index contributed by atoms with van der Waals surface area (Å²) in [4.78, 5) is 5.40. The van der Waals surface area contributed by atoms with Crippen molar-refractivity contribution < 1.29 is 8.78 Å². The van der Waals surface area contributed by atoms with Gasteiger partial charge in [-0.15, -0.1) is 0 Å². The molecule has 0 aliphatic carbocycles. The molecule has 0 saturated carbocycles. The maximum atomic E-state index is 12.4. The number of likely N-dealkylation sites (tertiary alicyclic amines) is 1. The van der Waals surface area contributed by atoms with Crippen LogP contribution in [0.1, 0.15) is 0 Å². The first-order valence-electron chi connectivity index (χ1n) is 3.40. The Bertz CT molecular complexity index is 230. The summed E-state index contributed by atoms with van der Waals surface area (Å²) in [6, 6.07) is 0. The Balaban J connectivity index is 2.57. The number of rotatable bonds is 1. The first-order chi connectivity index (χ1) is 5.46. The predicted octanol–water partition coefficient (Wildman–Crippen LogP) is 1.91. The van der Waals surface area contributed by atoms with Gasteiger partial charge in [0.05, 0.1) is 13.1 Å². The Morgan fingerprint density at radius 2 is 2.08 bits per heavy atom. The summed E-state index contributed by atoms with van der Waals surface area (Å²) in [5.41, 5.74) is 0. The topological polar surface area (TPSA) is 15.6 Å². The molecule has 0 aromatic carbocycles. The summed E-state index contributed by atoms with van der Waals surface area (Å²) < 4.78 is 25.5. The molecule has 0 aromatic rings. The number of hydrogen-bond acceptors (Lipinski definition) is 1. The van der Waals surface area contributed by atoms with Crippen molar-refractivity contribution in [2.24, 2.45) is 4.99 Å². The van der Waals surface area contributed by atoms with Crippen molar-refractivity contribution in [3.8, 4) is 0 Å². The van der Waals surface area contributed by atoms with Crippen molar-refractivity contribution in [3.05, 3.63) is 10.2 Å². The van der Waals surface area contributed by atoms with Crippen molar-refractivity contribution in [2.45, 2.75) is 5.92 Å². The third-order valence-corrected chi connectivity index (χ3v) is 2.08. The highest BCUT2D eigenvalue weighted by atomic mass is 127. The summed E-state index contributed by atoms with van der Waals surface area (Å²) in [5, 5.41) is 0. The molecule has 0 radical (unpaired) electrons. The SMILES string of the molecule is C=C(I)C(=NC)N1CC(F)(F)C1. The zero-order chi connectivity index (χ0) is 9.35. The summed E-state index contributed by atoms with van der Waals surface area (Å²) in [5.74, 6) is -1.97. The molecule has 1 saturated heterocycles. The quantitative estimate of drug-likeness (QED) is 0.408. The Kier molecular flexibility index (Phi) is 2.70. The smallest absolute Gasteiger partial charge is 0.282 e. The monoisotopic (exact) mass is 286 g/mol. The van der Waals surface area contributed by atoms with Crippen molar-refractivity contribution in [1.82, 2.24) is 4.90 Å². The number of aliphatic imine (C=N–C) groups is 1. The third-order valence-electron chi connectivity index (χ3n) is 1.60. The maximum Gasteiger partial charge on any atom is 0.282 e. The molecule has 1 aliphatic rings. The zero-order valence-electron chi connectivity index (χ0n) is 6.65. The van der Waals surface area contributed by atoms with Gasteiger partial charge in [0.1, 0.15) is 5.84 Å². The summed E-state index contributed by atoms with van der Waals surface area (Å²) in [6.07, 6.45) is 0. The standard InChI is InChI=1S/C7H9F2IN2/c1-5(10)6(11-2)12-3-7(8,9)4-12/h1,3-4H2,2H3. The van der Waals surface area contributed by atoms with Crippen LogP contribution in [0.2, 0.25) is 0 Å². The molecule has 0 unspecified atom stereocenters. The van der Waals surface area contributed by atoms with E-state index in [4.69, 9.17) is 0 Å². The average Bonchev–Trinajstić information content (AvgIpc) is 1.84. The largest absolute Gasteiger partial charge is 0.344 e. The van der Waals surface area contributed by atoms with Gasteiger partial charge in [-0.2, -0.15) is 0 Å². The number of amidine groups is 1. The van der Waals surface area contributed by atoms with Crippen LogP contribution in [0.25, 0.3) is 0 Å². The molecule has 5 heteroatoms. The number of alkyl halides is 2. The van der Waals surface area contributed by atoms with Gasteiger partial charge in [-0.3, -0.25) is 4.99 Å². The molecule has 0 atom stereocenters. The third kappa shape index (κ3) is 1.94. The van der Waals surface area contributed by atoms with E-state index in [1.54, 1.807) is 7.05 Å². The fourth-order valence-corrected chi connectivity index (χ4v) is 1.68. The number of hydrogen-bond donors (Lipinski definition) is 0. The van der Waals surface area contributed by atoms with Crippen molar-refractivity contribution in [1.29, 1.82) is 0 Å². The van der Waals surface area contributed by atoms with Crippen LogP contribution in [0.5, 0.6) is 0 Å². The van der Waals surface area contributed by atoms with Crippen LogP contribution < -0.4 is 0 Å². The molecular formula is C7H9F2IN2. The van der Waals surface area contributed by atoms with E-state index in [1.807, 2.05) is 22.6 Å². The van der Waals surface area contributed by atoms with Gasteiger partial charge in [-0.05, 0) is 22.6 Å². The molecule has 0 N–H and O–H groups in total. The highest BCUT2D eigenvalue weighted by molar-refractivity contribution is 14.1. The molecule has 1 aliphatic heterocycles. The lowest BCUT2D eigenvalue weighted by molar-refractivity contribution is -0.101. The van der Waals surface area contributed by atoms with E-state index >= 15 is 0 Å². The molecule has 1 heterocycles. The van der Waals surface area contributed by atoms with Crippen LogP contribution >= 0.6 is 22.6 Å². The lowest BCUT2D eigenvalue weighted by Gasteiger charge is -2.40. The fourth-order valence-electron chi connectivity index (χ4n) is 1.10. The van der Waals surface area contributed by atoms with Crippen LogP contribution in [0.3, 0.4) is 0 Å². The molecule has 1 rings (SSSR count). The lowest BCUT2D eigenvalue weighted by atomic mass is 10.1. The minimum Gasteiger partial charge on any atom is -0.344 e. The first-order valence-corrected chi connectivity index (χ1v) is 4.48. The highest BCUT2D eigenvalue weighted by Gasteiger charge is 2.45. The van der Waals surface area contributed by atoms with Crippen molar-refractivity contribution in [2.75, 3.05) is 20.1 Å². The van der Waals surface area contributed by atoms with Crippen LogP contribution in [-0.2, 0) is 0 Å². The van der Waals surface area contributed by atoms with Gasteiger partial charge in [0.15, 0.2) is 0 Å². The lowest BCUT2D eigenvalue weighted by Crippen LogP contribution is -2.58. The van der Waals surface area contributed by atoms with Crippen LogP contribution in [0, 0.1) is 0 Å². The van der Waals surface area contributed by atoms with E-state index in [9.17, 15) is 8.78 Å². The fraction of sp³-hybridized carbons (Fsp3) is 0.571. The van der Waals surface area contributed by atoms with Gasteiger partial charge in [0.25, 0.3) is 5.92 Å². The van der Waals surface area contributed by atoms with Crippen LogP contribution in [-0.4, -0.2) is 36.8 Å². The van der Waals surface area contributed by atoms with Gasteiger partial charge in [-0.1, -0.05) is 6.58 Å². The molecule has 68 valence electrons. The zero-order valence-corrected chi connectivity index (χ0v) is 8.81.